The number of benzene rings is 1. The van der Waals surface area contributed by atoms with Gasteiger partial charge in [0.1, 0.15) is 0 Å². The van der Waals surface area contributed by atoms with Crippen LogP contribution in [-0.4, -0.2) is 28.6 Å². The van der Waals surface area contributed by atoms with Crippen molar-refractivity contribution in [2.45, 2.75) is 20.8 Å². The molecule has 1 aromatic carbocycles. The fraction of sp³-hybridized carbons (Fsp3) is 0.192. The minimum Gasteiger partial charge on any atom is -0.481 e. The minimum absolute atomic E-state index is 0.0456. The minimum atomic E-state index is -0.0456. The molecule has 0 amide bonds. The summed E-state index contributed by atoms with van der Waals surface area (Å²) in [7, 11) is 1.45. The molecule has 0 spiro atoms. The summed E-state index contributed by atoms with van der Waals surface area (Å²) in [6.07, 6.45) is 8.94. The van der Waals surface area contributed by atoms with Gasteiger partial charge in [0.25, 0.3) is 0 Å². The van der Waals surface area contributed by atoms with Crippen LogP contribution in [0.25, 0.3) is 5.57 Å². The van der Waals surface area contributed by atoms with Gasteiger partial charge >= 0.3 is 0 Å². The lowest BCUT2D eigenvalue weighted by Crippen LogP contribution is -2.16. The van der Waals surface area contributed by atoms with Crippen LogP contribution >= 0.6 is 45.2 Å². The maximum atomic E-state index is 9.00. The topological polar surface area (TPSA) is 69.8 Å². The van der Waals surface area contributed by atoms with Crippen molar-refractivity contribution < 1.29 is 4.74 Å². The summed E-state index contributed by atoms with van der Waals surface area (Å²) in [6.45, 7) is 9.63. The van der Waals surface area contributed by atoms with Crippen molar-refractivity contribution in [2.24, 2.45) is 0 Å². The zero-order valence-electron chi connectivity index (χ0n) is 19.2. The molecule has 0 radical (unpaired) electrons. The maximum Gasteiger partial charge on any atom is 0.215 e. The first kappa shape index (κ1) is 29.9. The maximum absolute atomic E-state index is 9.00. The number of hydrogen-bond donors (Lipinski definition) is 2. The van der Waals surface area contributed by atoms with Crippen molar-refractivity contribution in [3.8, 4) is 0 Å². The number of rotatable bonds is 7. The Balaban J connectivity index is 0.00000227. The van der Waals surface area contributed by atoms with Crippen molar-refractivity contribution >= 4 is 62.4 Å². The predicted molar refractivity (Wildman–Crippen MR) is 156 cm³/mol. The summed E-state index contributed by atoms with van der Waals surface area (Å²) in [5.74, 6) is -0.0456. The Morgan fingerprint density at radius 3 is 2.19 bits per heavy atom. The van der Waals surface area contributed by atoms with E-state index in [4.69, 9.17) is 15.6 Å². The summed E-state index contributed by atoms with van der Waals surface area (Å²) in [5.41, 5.74) is 3.49. The number of alkyl halides is 1. The standard InChI is InChI=1S/C23H22IN3O.C2H6.CH3I/c1-4-6-11-16(5-2)20(22(25)17-12-7-8-13-18(17)24)21(23(26)28-3)19-14-9-10-15-27-19;2*1-2/h4-15,25-26H,1H2,2-3H3;1-2H3;1H3/b11-6-,16-5+,21-20-,25-22?,26-23?;;. The molecule has 0 bridgehead atoms. The van der Waals surface area contributed by atoms with Gasteiger partial charge in [-0.2, -0.15) is 0 Å². The Kier molecular flexibility index (Phi) is 16.4. The Morgan fingerprint density at radius 1 is 1.06 bits per heavy atom. The molecule has 2 N–H and O–H groups in total. The number of pyridine rings is 1. The summed E-state index contributed by atoms with van der Waals surface area (Å²) in [4.78, 5) is 6.39. The van der Waals surface area contributed by atoms with E-state index in [2.05, 4.69) is 56.7 Å². The number of hydrogen-bond acceptors (Lipinski definition) is 4. The van der Waals surface area contributed by atoms with Crippen LogP contribution in [0.3, 0.4) is 0 Å². The van der Waals surface area contributed by atoms with E-state index in [1.807, 2.05) is 86.4 Å². The molecule has 6 heteroatoms. The summed E-state index contributed by atoms with van der Waals surface area (Å²) >= 11 is 4.37. The second kappa shape index (κ2) is 17.5. The molecule has 4 nitrogen and oxygen atoms in total. The number of methoxy groups -OCH3 is 1. The lowest BCUT2D eigenvalue weighted by molar-refractivity contribution is 0.405. The Labute approximate surface area is 219 Å². The van der Waals surface area contributed by atoms with E-state index in [9.17, 15) is 0 Å². The number of halogens is 2. The van der Waals surface area contributed by atoms with E-state index in [1.165, 1.54) is 7.11 Å². The summed E-state index contributed by atoms with van der Waals surface area (Å²) in [5, 5.41) is 17.4. The second-order valence-electron chi connectivity index (χ2n) is 5.69. The van der Waals surface area contributed by atoms with E-state index in [1.54, 1.807) is 12.3 Å². The Bertz CT molecular complexity index is 978. The molecule has 170 valence electrons. The first-order valence-corrected chi connectivity index (χ1v) is 13.2. The number of allylic oxidation sites excluding steroid dienone is 6. The van der Waals surface area contributed by atoms with Crippen molar-refractivity contribution in [1.82, 2.24) is 4.98 Å². The van der Waals surface area contributed by atoms with Gasteiger partial charge in [-0.3, -0.25) is 15.8 Å². The molecular weight excluding hydrogens is 624 g/mol. The van der Waals surface area contributed by atoms with Gasteiger partial charge in [-0.25, -0.2) is 0 Å². The van der Waals surface area contributed by atoms with Gasteiger partial charge in [-0.1, -0.05) is 91.6 Å². The normalized spacial score (nSPS) is 11.3. The Morgan fingerprint density at radius 2 is 1.69 bits per heavy atom. The van der Waals surface area contributed by atoms with Crippen LogP contribution in [0, 0.1) is 14.4 Å². The van der Waals surface area contributed by atoms with E-state index >= 15 is 0 Å². The number of aromatic nitrogens is 1. The monoisotopic (exact) mass is 655 g/mol. The fourth-order valence-electron chi connectivity index (χ4n) is 2.68. The third kappa shape index (κ3) is 8.46. The molecule has 0 atom stereocenters. The molecule has 32 heavy (non-hydrogen) atoms. The smallest absolute Gasteiger partial charge is 0.215 e. The van der Waals surface area contributed by atoms with Gasteiger partial charge in [0, 0.05) is 20.9 Å². The highest BCUT2D eigenvalue weighted by Gasteiger charge is 2.23. The number of ether oxygens (including phenoxy) is 1. The fourth-order valence-corrected chi connectivity index (χ4v) is 3.34. The first-order chi connectivity index (χ1) is 15.5. The Hall–Kier alpha value is -2.07. The van der Waals surface area contributed by atoms with Crippen LogP contribution in [0.2, 0.25) is 0 Å². The molecule has 0 fully saturated rings. The average molecular weight is 655 g/mol. The molecule has 0 aliphatic rings. The number of nitrogens with zero attached hydrogens (tertiary/aromatic N) is 1. The summed E-state index contributed by atoms with van der Waals surface area (Å²) in [6, 6.07) is 13.2. The van der Waals surface area contributed by atoms with Gasteiger partial charge in [0.05, 0.1) is 24.1 Å². The molecular formula is C26H31I2N3O. The van der Waals surface area contributed by atoms with Gasteiger partial charge in [0.15, 0.2) is 0 Å². The zero-order valence-corrected chi connectivity index (χ0v) is 23.6. The van der Waals surface area contributed by atoms with Crippen LogP contribution < -0.4 is 0 Å². The molecule has 0 aliphatic carbocycles. The predicted octanol–water partition coefficient (Wildman–Crippen LogP) is 7.90. The van der Waals surface area contributed by atoms with Gasteiger partial charge in [0.2, 0.25) is 5.90 Å². The molecule has 0 saturated heterocycles. The van der Waals surface area contributed by atoms with Crippen LogP contribution in [0.5, 0.6) is 0 Å². The van der Waals surface area contributed by atoms with E-state index in [-0.39, 0.29) is 5.90 Å². The van der Waals surface area contributed by atoms with Crippen molar-refractivity contribution in [2.75, 3.05) is 12.0 Å². The molecule has 0 unspecified atom stereocenters. The quantitative estimate of drug-likeness (QED) is 0.105. The highest BCUT2D eigenvalue weighted by molar-refractivity contribution is 14.1. The zero-order chi connectivity index (χ0) is 24.5. The van der Waals surface area contributed by atoms with Crippen molar-refractivity contribution in [1.29, 1.82) is 10.8 Å². The van der Waals surface area contributed by atoms with Crippen LogP contribution in [0.1, 0.15) is 32.0 Å². The van der Waals surface area contributed by atoms with Crippen molar-refractivity contribution in [3.63, 3.8) is 0 Å². The first-order valence-electron chi connectivity index (χ1n) is 10.0. The summed E-state index contributed by atoms with van der Waals surface area (Å²) < 4.78 is 6.23. The lowest BCUT2D eigenvalue weighted by Gasteiger charge is -2.18. The van der Waals surface area contributed by atoms with Crippen LogP contribution in [0.15, 0.2) is 90.7 Å². The van der Waals surface area contributed by atoms with Gasteiger partial charge < -0.3 is 4.74 Å². The highest BCUT2D eigenvalue weighted by Crippen LogP contribution is 2.29. The molecule has 0 saturated carbocycles. The van der Waals surface area contributed by atoms with E-state index in [0.29, 0.717) is 22.6 Å². The molecule has 0 aliphatic heterocycles. The second-order valence-corrected chi connectivity index (χ2v) is 6.85. The number of nitrogens with one attached hydrogen (secondary N) is 2. The molecule has 2 rings (SSSR count). The average Bonchev–Trinajstić information content (AvgIpc) is 2.86. The van der Waals surface area contributed by atoms with E-state index < -0.39 is 0 Å². The van der Waals surface area contributed by atoms with Crippen molar-refractivity contribution in [3.05, 3.63) is 106 Å². The largest absolute Gasteiger partial charge is 0.481 e. The lowest BCUT2D eigenvalue weighted by atomic mass is 9.89. The third-order valence-electron chi connectivity index (χ3n) is 4.01. The van der Waals surface area contributed by atoms with Gasteiger partial charge in [-0.15, -0.1) is 0 Å². The van der Waals surface area contributed by atoms with E-state index in [0.717, 1.165) is 14.7 Å². The highest BCUT2D eigenvalue weighted by atomic mass is 127. The SMILES string of the molecule is C=C\C=C/C(=C\C)C(/C(=N)c1ccccc1I)=C(/C(=N)OC)c1ccccn1.CC.CI. The van der Waals surface area contributed by atoms with Crippen LogP contribution in [0.4, 0.5) is 0 Å². The molecule has 2 aromatic rings. The van der Waals surface area contributed by atoms with Crippen LogP contribution in [-0.2, 0) is 4.74 Å². The van der Waals surface area contributed by atoms with Gasteiger partial charge in [-0.05, 0) is 58.2 Å². The third-order valence-corrected chi connectivity index (χ3v) is 4.95. The molecule has 1 heterocycles. The molecule has 1 aromatic heterocycles.